The smallest absolute Gasteiger partial charge is 0.331 e. The molecule has 0 amide bonds. The third kappa shape index (κ3) is 3.71. The van der Waals surface area contributed by atoms with Gasteiger partial charge in [0.2, 0.25) is 0 Å². The summed E-state index contributed by atoms with van der Waals surface area (Å²) in [5.74, 6) is -4.08. The van der Waals surface area contributed by atoms with Crippen molar-refractivity contribution < 1.29 is 27.4 Å². The fraction of sp³-hybridized carbons (Fsp3) is 0.364. The zero-order valence-electron chi connectivity index (χ0n) is 9.58. The molecule has 1 unspecified atom stereocenters. The first-order valence-corrected chi connectivity index (χ1v) is 5.00. The maximum atomic E-state index is 13.3. The number of ether oxygens (including phenoxy) is 2. The molecule has 0 bridgehead atoms. The molecule has 1 rings (SSSR count). The minimum absolute atomic E-state index is 0.223. The minimum Gasteiger partial charge on any atom is -0.467 e. The van der Waals surface area contributed by atoms with Crippen LogP contribution in [0.3, 0.4) is 0 Å². The van der Waals surface area contributed by atoms with Crippen molar-refractivity contribution in [1.82, 2.24) is 0 Å². The van der Waals surface area contributed by atoms with Gasteiger partial charge in [-0.3, -0.25) is 0 Å². The van der Waals surface area contributed by atoms with E-state index >= 15 is 0 Å². The summed E-state index contributed by atoms with van der Waals surface area (Å²) in [6.45, 7) is -0.577. The third-order valence-electron chi connectivity index (χ3n) is 2.18. The summed E-state index contributed by atoms with van der Waals surface area (Å²) in [7, 11) is 1.18. The van der Waals surface area contributed by atoms with Gasteiger partial charge in [-0.05, 0) is 6.07 Å². The highest BCUT2D eigenvalue weighted by atomic mass is 19.2. The number of halogens is 3. The first-order chi connectivity index (χ1) is 8.45. The van der Waals surface area contributed by atoms with Gasteiger partial charge in [0.1, 0.15) is 12.4 Å². The molecule has 1 aromatic carbocycles. The Balaban J connectivity index is 2.64. The number of hydrogen-bond donors (Lipinski definition) is 1. The molecule has 1 atom stereocenters. The molecule has 100 valence electrons. The van der Waals surface area contributed by atoms with E-state index in [4.69, 9.17) is 10.5 Å². The average Bonchev–Trinajstić information content (AvgIpc) is 2.33. The molecule has 18 heavy (non-hydrogen) atoms. The van der Waals surface area contributed by atoms with Gasteiger partial charge in [-0.2, -0.15) is 0 Å². The SMILES string of the molecule is COC(=O)COCC(N)c1cc(F)c(F)cc1F. The summed E-state index contributed by atoms with van der Waals surface area (Å²) in [6, 6.07) is 0.0616. The summed E-state index contributed by atoms with van der Waals surface area (Å²) < 4.78 is 48.0. The van der Waals surface area contributed by atoms with E-state index in [0.717, 1.165) is 0 Å². The van der Waals surface area contributed by atoms with Crippen molar-refractivity contribution in [1.29, 1.82) is 0 Å². The van der Waals surface area contributed by atoms with Crippen molar-refractivity contribution in [3.8, 4) is 0 Å². The summed E-state index contributed by atoms with van der Waals surface area (Å²) >= 11 is 0. The van der Waals surface area contributed by atoms with Crippen LogP contribution in [-0.4, -0.2) is 26.3 Å². The molecule has 0 aromatic heterocycles. The summed E-state index contributed by atoms with van der Waals surface area (Å²) in [6.07, 6.45) is 0. The fourth-order valence-electron chi connectivity index (χ4n) is 1.24. The van der Waals surface area contributed by atoms with E-state index in [0.29, 0.717) is 12.1 Å². The van der Waals surface area contributed by atoms with Gasteiger partial charge in [0.15, 0.2) is 11.6 Å². The highest BCUT2D eigenvalue weighted by Crippen LogP contribution is 2.19. The lowest BCUT2D eigenvalue weighted by Crippen LogP contribution is -2.21. The largest absolute Gasteiger partial charge is 0.467 e. The summed E-state index contributed by atoms with van der Waals surface area (Å²) in [5, 5.41) is 0. The Morgan fingerprint density at radius 2 is 1.89 bits per heavy atom. The van der Waals surface area contributed by atoms with E-state index in [1.165, 1.54) is 7.11 Å². The number of carbonyl (C=O) groups is 1. The Kier molecular flexibility index (Phi) is 5.11. The molecule has 0 aliphatic rings. The predicted octanol–water partition coefficient (Wildman–Crippen LogP) is 1.29. The molecule has 4 nitrogen and oxygen atoms in total. The molecule has 1 aromatic rings. The van der Waals surface area contributed by atoms with E-state index in [-0.39, 0.29) is 18.8 Å². The van der Waals surface area contributed by atoms with E-state index in [1.54, 1.807) is 0 Å². The van der Waals surface area contributed by atoms with Crippen LogP contribution in [0.25, 0.3) is 0 Å². The molecular weight excluding hydrogens is 251 g/mol. The molecule has 0 aliphatic heterocycles. The van der Waals surface area contributed by atoms with Gasteiger partial charge >= 0.3 is 5.97 Å². The first-order valence-electron chi connectivity index (χ1n) is 5.00. The second-order valence-electron chi connectivity index (χ2n) is 3.49. The van der Waals surface area contributed by atoms with E-state index < -0.39 is 29.5 Å². The van der Waals surface area contributed by atoms with Crippen LogP contribution < -0.4 is 5.73 Å². The number of nitrogens with two attached hydrogens (primary N) is 1. The van der Waals surface area contributed by atoms with Crippen LogP contribution in [0, 0.1) is 17.5 Å². The quantitative estimate of drug-likeness (QED) is 0.642. The maximum Gasteiger partial charge on any atom is 0.331 e. The van der Waals surface area contributed by atoms with Gasteiger partial charge in [-0.25, -0.2) is 18.0 Å². The predicted molar refractivity (Wildman–Crippen MR) is 56.1 cm³/mol. The molecule has 0 fully saturated rings. The number of carbonyl (C=O) groups excluding carboxylic acids is 1. The summed E-state index contributed by atoms with van der Waals surface area (Å²) in [4.78, 5) is 10.7. The van der Waals surface area contributed by atoms with Crippen molar-refractivity contribution in [2.75, 3.05) is 20.3 Å². The van der Waals surface area contributed by atoms with Crippen LogP contribution in [0.5, 0.6) is 0 Å². The Hall–Kier alpha value is -1.60. The number of benzene rings is 1. The van der Waals surface area contributed by atoms with Gasteiger partial charge in [0.25, 0.3) is 0 Å². The van der Waals surface area contributed by atoms with Crippen molar-refractivity contribution >= 4 is 5.97 Å². The normalized spacial score (nSPS) is 12.3. The molecular formula is C11H12F3NO3. The zero-order valence-corrected chi connectivity index (χ0v) is 9.58. The summed E-state index contributed by atoms with van der Waals surface area (Å²) in [5.41, 5.74) is 5.31. The zero-order chi connectivity index (χ0) is 13.7. The lowest BCUT2D eigenvalue weighted by molar-refractivity contribution is -0.146. The van der Waals surface area contributed by atoms with E-state index in [1.807, 2.05) is 0 Å². The molecule has 0 aliphatic carbocycles. The van der Waals surface area contributed by atoms with E-state index in [9.17, 15) is 18.0 Å². The second kappa shape index (κ2) is 6.36. The highest BCUT2D eigenvalue weighted by molar-refractivity contribution is 5.70. The van der Waals surface area contributed by atoms with Crippen LogP contribution >= 0.6 is 0 Å². The van der Waals surface area contributed by atoms with Crippen LogP contribution in [0.4, 0.5) is 13.2 Å². The van der Waals surface area contributed by atoms with Crippen LogP contribution in [0.2, 0.25) is 0 Å². The fourth-order valence-corrected chi connectivity index (χ4v) is 1.24. The number of rotatable bonds is 5. The van der Waals surface area contributed by atoms with Gasteiger partial charge in [-0.1, -0.05) is 0 Å². The van der Waals surface area contributed by atoms with Gasteiger partial charge in [0.05, 0.1) is 19.8 Å². The lowest BCUT2D eigenvalue weighted by Gasteiger charge is -2.13. The van der Waals surface area contributed by atoms with Crippen molar-refractivity contribution in [2.24, 2.45) is 5.73 Å². The van der Waals surface area contributed by atoms with Crippen molar-refractivity contribution in [3.63, 3.8) is 0 Å². The minimum atomic E-state index is -1.29. The molecule has 7 heteroatoms. The standard InChI is InChI=1S/C11H12F3NO3/c1-17-11(16)5-18-4-10(15)6-2-8(13)9(14)3-7(6)12/h2-3,10H,4-5,15H2,1H3. The van der Waals surface area contributed by atoms with Crippen molar-refractivity contribution in [3.05, 3.63) is 35.1 Å². The molecule has 0 spiro atoms. The van der Waals surface area contributed by atoms with Crippen LogP contribution in [0.15, 0.2) is 12.1 Å². The Morgan fingerprint density at radius 3 is 2.50 bits per heavy atom. The molecule has 0 radical (unpaired) electrons. The van der Waals surface area contributed by atoms with Crippen LogP contribution in [-0.2, 0) is 14.3 Å². The topological polar surface area (TPSA) is 61.5 Å². The van der Waals surface area contributed by atoms with Crippen LogP contribution in [0.1, 0.15) is 11.6 Å². The first kappa shape index (κ1) is 14.5. The lowest BCUT2D eigenvalue weighted by atomic mass is 10.1. The Labute approximate surface area is 101 Å². The molecule has 0 saturated heterocycles. The second-order valence-corrected chi connectivity index (χ2v) is 3.49. The van der Waals surface area contributed by atoms with Crippen molar-refractivity contribution in [2.45, 2.75) is 6.04 Å². The average molecular weight is 263 g/mol. The molecule has 0 saturated carbocycles. The van der Waals surface area contributed by atoms with Gasteiger partial charge in [0, 0.05) is 11.6 Å². The Bertz CT molecular complexity index is 440. The Morgan fingerprint density at radius 1 is 1.28 bits per heavy atom. The monoisotopic (exact) mass is 263 g/mol. The molecule has 0 heterocycles. The molecule has 2 N–H and O–H groups in total. The highest BCUT2D eigenvalue weighted by Gasteiger charge is 2.16. The third-order valence-corrected chi connectivity index (χ3v) is 2.18. The van der Waals surface area contributed by atoms with Gasteiger partial charge in [-0.15, -0.1) is 0 Å². The maximum absolute atomic E-state index is 13.3. The van der Waals surface area contributed by atoms with Gasteiger partial charge < -0.3 is 15.2 Å². The number of hydrogen-bond acceptors (Lipinski definition) is 4. The number of esters is 1. The van der Waals surface area contributed by atoms with E-state index in [2.05, 4.69) is 4.74 Å². The number of methoxy groups -OCH3 is 1.